The average molecular weight is 342 g/mol. The van der Waals surface area contributed by atoms with Gasteiger partial charge in [0.05, 0.1) is 6.61 Å². The Morgan fingerprint density at radius 2 is 1.60 bits per heavy atom. The van der Waals surface area contributed by atoms with Crippen molar-refractivity contribution in [3.63, 3.8) is 0 Å². The molecular weight excluding hydrogens is 320 g/mol. The number of carbonyl (C=O) groups excluding carboxylic acids is 2. The van der Waals surface area contributed by atoms with E-state index in [1.165, 1.54) is 6.92 Å². The lowest BCUT2D eigenvalue weighted by molar-refractivity contribution is -0.199. The topological polar surface area (TPSA) is 78.9 Å². The third-order valence-corrected chi connectivity index (χ3v) is 3.57. The Labute approximate surface area is 147 Å². The van der Waals surface area contributed by atoms with Gasteiger partial charge in [-0.25, -0.2) is 0 Å². The van der Waals surface area contributed by atoms with Gasteiger partial charge in [0.2, 0.25) is 5.91 Å². The quantitative estimate of drug-likeness (QED) is 0.713. The third kappa shape index (κ3) is 5.79. The van der Waals surface area contributed by atoms with Crippen molar-refractivity contribution in [1.29, 1.82) is 0 Å². The number of aliphatic hydroxyl groups is 1. The Balaban J connectivity index is 1.97. The van der Waals surface area contributed by atoms with Crippen LogP contribution in [0.25, 0.3) is 0 Å². The molecule has 6 nitrogen and oxygen atoms in total. The standard InChI is InChI=1S/C19H22N2O4/c1-15(23)21(25-14-17-10-6-3-7-11-17)19(24)18(13-22)20-12-16-8-4-2-5-9-16/h2-11,18,20,22H,12-14H2,1H3/t18-/m1/s1. The molecule has 0 unspecified atom stereocenters. The summed E-state index contributed by atoms with van der Waals surface area (Å²) in [6, 6.07) is 17.8. The molecular formula is C19H22N2O4. The summed E-state index contributed by atoms with van der Waals surface area (Å²) in [6.07, 6.45) is 0. The fourth-order valence-electron chi connectivity index (χ4n) is 2.23. The van der Waals surface area contributed by atoms with Crippen LogP contribution in [0.15, 0.2) is 60.7 Å². The normalized spacial score (nSPS) is 11.8. The van der Waals surface area contributed by atoms with Gasteiger partial charge in [0.25, 0.3) is 5.91 Å². The Morgan fingerprint density at radius 1 is 1.04 bits per heavy atom. The van der Waals surface area contributed by atoms with Gasteiger partial charge in [0.15, 0.2) is 0 Å². The van der Waals surface area contributed by atoms with E-state index in [2.05, 4.69) is 5.32 Å². The number of aliphatic hydroxyl groups excluding tert-OH is 1. The van der Waals surface area contributed by atoms with E-state index in [1.54, 1.807) is 0 Å². The molecule has 0 radical (unpaired) electrons. The number of hydrogen-bond donors (Lipinski definition) is 2. The van der Waals surface area contributed by atoms with Crippen molar-refractivity contribution in [3.8, 4) is 0 Å². The van der Waals surface area contributed by atoms with Gasteiger partial charge >= 0.3 is 0 Å². The maximum absolute atomic E-state index is 12.5. The van der Waals surface area contributed by atoms with Crippen LogP contribution in [0, 0.1) is 0 Å². The molecule has 25 heavy (non-hydrogen) atoms. The molecule has 0 saturated carbocycles. The van der Waals surface area contributed by atoms with Gasteiger partial charge in [-0.15, -0.1) is 0 Å². The molecule has 0 fully saturated rings. The van der Waals surface area contributed by atoms with E-state index < -0.39 is 24.5 Å². The molecule has 2 rings (SSSR count). The molecule has 2 aromatic rings. The lowest BCUT2D eigenvalue weighted by atomic mass is 10.2. The number of benzene rings is 2. The van der Waals surface area contributed by atoms with Crippen LogP contribution in [-0.4, -0.2) is 34.6 Å². The highest BCUT2D eigenvalue weighted by Gasteiger charge is 2.27. The second-order valence-corrected chi connectivity index (χ2v) is 5.51. The van der Waals surface area contributed by atoms with Gasteiger partial charge < -0.3 is 5.11 Å². The molecule has 6 heteroatoms. The van der Waals surface area contributed by atoms with Crippen LogP contribution in [-0.2, 0) is 27.6 Å². The van der Waals surface area contributed by atoms with Gasteiger partial charge in [0.1, 0.15) is 12.6 Å². The number of hydroxylamine groups is 2. The van der Waals surface area contributed by atoms with Crippen molar-refractivity contribution in [2.24, 2.45) is 0 Å². The lowest BCUT2D eigenvalue weighted by Crippen LogP contribution is -2.49. The smallest absolute Gasteiger partial charge is 0.272 e. The van der Waals surface area contributed by atoms with Gasteiger partial charge in [-0.3, -0.25) is 19.7 Å². The summed E-state index contributed by atoms with van der Waals surface area (Å²) < 4.78 is 0. The SMILES string of the molecule is CC(=O)N(OCc1ccccc1)C(=O)[C@@H](CO)NCc1ccccc1. The fraction of sp³-hybridized carbons (Fsp3) is 0.263. The highest BCUT2D eigenvalue weighted by Crippen LogP contribution is 2.06. The second-order valence-electron chi connectivity index (χ2n) is 5.51. The van der Waals surface area contributed by atoms with Crippen LogP contribution in [0.2, 0.25) is 0 Å². The molecule has 2 amide bonds. The molecule has 132 valence electrons. The zero-order chi connectivity index (χ0) is 18.1. The predicted octanol–water partition coefficient (Wildman–Crippen LogP) is 1.64. The van der Waals surface area contributed by atoms with Crippen LogP contribution >= 0.6 is 0 Å². The van der Waals surface area contributed by atoms with E-state index in [1.807, 2.05) is 60.7 Å². The molecule has 2 aromatic carbocycles. The van der Waals surface area contributed by atoms with Gasteiger partial charge in [-0.05, 0) is 11.1 Å². The number of rotatable bonds is 8. The van der Waals surface area contributed by atoms with Crippen molar-refractivity contribution < 1.29 is 19.5 Å². The Kier molecular flexibility index (Phi) is 7.28. The fourth-order valence-corrected chi connectivity index (χ4v) is 2.23. The molecule has 0 heterocycles. The van der Waals surface area contributed by atoms with Crippen molar-refractivity contribution >= 4 is 11.8 Å². The van der Waals surface area contributed by atoms with E-state index in [-0.39, 0.29) is 6.61 Å². The first-order valence-corrected chi connectivity index (χ1v) is 8.01. The van der Waals surface area contributed by atoms with E-state index in [0.717, 1.165) is 11.1 Å². The Bertz CT molecular complexity index is 676. The average Bonchev–Trinajstić information content (AvgIpc) is 2.64. The largest absolute Gasteiger partial charge is 0.394 e. The van der Waals surface area contributed by atoms with E-state index in [0.29, 0.717) is 11.6 Å². The van der Waals surface area contributed by atoms with Gasteiger partial charge in [0, 0.05) is 13.5 Å². The minimum Gasteiger partial charge on any atom is -0.394 e. The minimum absolute atomic E-state index is 0.0863. The molecule has 1 atom stereocenters. The van der Waals surface area contributed by atoms with Crippen LogP contribution in [0.5, 0.6) is 0 Å². The zero-order valence-electron chi connectivity index (χ0n) is 14.1. The summed E-state index contributed by atoms with van der Waals surface area (Å²) in [4.78, 5) is 29.7. The minimum atomic E-state index is -0.931. The summed E-state index contributed by atoms with van der Waals surface area (Å²) in [6.45, 7) is 1.28. The van der Waals surface area contributed by atoms with E-state index in [4.69, 9.17) is 4.84 Å². The highest BCUT2D eigenvalue weighted by atomic mass is 16.7. The number of nitrogens with one attached hydrogen (secondary N) is 1. The predicted molar refractivity (Wildman–Crippen MR) is 92.9 cm³/mol. The molecule has 0 spiro atoms. The number of nitrogens with zero attached hydrogens (tertiary/aromatic N) is 1. The summed E-state index contributed by atoms with van der Waals surface area (Å²) in [5, 5.41) is 13.2. The second kappa shape index (κ2) is 9.68. The van der Waals surface area contributed by atoms with Crippen molar-refractivity contribution in [3.05, 3.63) is 71.8 Å². The number of imide groups is 1. The number of carbonyl (C=O) groups is 2. The summed E-state index contributed by atoms with van der Waals surface area (Å²) in [5.74, 6) is -1.16. The molecule has 0 aliphatic rings. The molecule has 2 N–H and O–H groups in total. The number of amides is 2. The van der Waals surface area contributed by atoms with Crippen molar-refractivity contribution in [1.82, 2.24) is 10.4 Å². The van der Waals surface area contributed by atoms with Crippen molar-refractivity contribution in [2.75, 3.05) is 6.61 Å². The zero-order valence-corrected chi connectivity index (χ0v) is 14.1. The van der Waals surface area contributed by atoms with Crippen molar-refractivity contribution in [2.45, 2.75) is 26.1 Å². The van der Waals surface area contributed by atoms with Crippen LogP contribution < -0.4 is 5.32 Å². The number of hydrogen-bond acceptors (Lipinski definition) is 5. The molecule has 0 aromatic heterocycles. The monoisotopic (exact) mass is 342 g/mol. The first-order chi connectivity index (χ1) is 12.1. The Morgan fingerprint density at radius 3 is 2.12 bits per heavy atom. The van der Waals surface area contributed by atoms with Crippen LogP contribution in [0.1, 0.15) is 18.1 Å². The maximum Gasteiger partial charge on any atom is 0.272 e. The summed E-state index contributed by atoms with van der Waals surface area (Å²) >= 11 is 0. The lowest BCUT2D eigenvalue weighted by Gasteiger charge is -2.23. The van der Waals surface area contributed by atoms with E-state index in [9.17, 15) is 14.7 Å². The summed E-state index contributed by atoms with van der Waals surface area (Å²) in [5.41, 5.74) is 1.80. The first-order valence-electron chi connectivity index (χ1n) is 8.01. The molecule has 0 aliphatic carbocycles. The first kappa shape index (κ1) is 18.8. The van der Waals surface area contributed by atoms with Gasteiger partial charge in [-0.2, -0.15) is 5.06 Å². The van der Waals surface area contributed by atoms with E-state index >= 15 is 0 Å². The summed E-state index contributed by atoms with van der Waals surface area (Å²) in [7, 11) is 0. The molecule has 0 aliphatic heterocycles. The van der Waals surface area contributed by atoms with Crippen LogP contribution in [0.3, 0.4) is 0 Å². The van der Waals surface area contributed by atoms with Crippen LogP contribution in [0.4, 0.5) is 0 Å². The van der Waals surface area contributed by atoms with Gasteiger partial charge in [-0.1, -0.05) is 60.7 Å². The molecule has 0 saturated heterocycles. The highest BCUT2D eigenvalue weighted by molar-refractivity contribution is 5.95. The third-order valence-electron chi connectivity index (χ3n) is 3.57. The Hall–Kier alpha value is -2.54. The maximum atomic E-state index is 12.5. The molecule has 0 bridgehead atoms.